The number of piperazine rings is 1. The number of rotatable bonds is 7. The molecule has 0 saturated carbocycles. The monoisotopic (exact) mass is 596 g/mol. The number of carbonyl (C=O) groups is 1. The van der Waals surface area contributed by atoms with Crippen molar-refractivity contribution in [1.82, 2.24) is 18.9 Å². The molecule has 1 atom stereocenters. The maximum Gasteiger partial charge on any atom is 0.246 e. The molecule has 1 saturated heterocycles. The van der Waals surface area contributed by atoms with E-state index < -0.39 is 32.0 Å². The van der Waals surface area contributed by atoms with Crippen LogP contribution in [0.1, 0.15) is 32.1 Å². The van der Waals surface area contributed by atoms with Crippen LogP contribution in [-0.4, -0.2) is 62.0 Å². The predicted molar refractivity (Wildman–Crippen MR) is 154 cm³/mol. The van der Waals surface area contributed by atoms with E-state index in [1.807, 2.05) is 20.8 Å². The van der Waals surface area contributed by atoms with Gasteiger partial charge in [-0.3, -0.25) is 9.78 Å². The summed E-state index contributed by atoms with van der Waals surface area (Å²) in [4.78, 5) is 17.8. The van der Waals surface area contributed by atoms with Gasteiger partial charge in [0, 0.05) is 31.2 Å². The van der Waals surface area contributed by atoms with Gasteiger partial charge in [0.2, 0.25) is 26.0 Å². The first-order valence-electron chi connectivity index (χ1n) is 13.2. The van der Waals surface area contributed by atoms with Gasteiger partial charge in [0.1, 0.15) is 16.7 Å². The van der Waals surface area contributed by atoms with Gasteiger partial charge in [0.05, 0.1) is 23.2 Å². The summed E-state index contributed by atoms with van der Waals surface area (Å²) in [7, 11) is -8.26. The standard InChI is InChI=1S/C29H32N4O6S2/c1-29(2,3)22-11-13-24(14-12-22)40(35,36)32-16-17-33(25(20-32)28(34)31-19-23-9-6-18-39-23)41(37,38)26-10-4-7-21-8-5-15-30-27(21)26/h4-15,18,25H,16-17,19-20H2,1-3H3,(H,31,34). The number of hydrogen-bond donors (Lipinski definition) is 1. The molecule has 1 fully saturated rings. The molecule has 1 N–H and O–H groups in total. The van der Waals surface area contributed by atoms with E-state index in [-0.39, 0.29) is 46.9 Å². The Bertz CT molecular complexity index is 1760. The quantitative estimate of drug-likeness (QED) is 0.346. The average molecular weight is 597 g/mol. The lowest BCUT2D eigenvalue weighted by molar-refractivity contribution is -0.126. The van der Waals surface area contributed by atoms with Gasteiger partial charge in [-0.15, -0.1) is 0 Å². The van der Waals surface area contributed by atoms with Crippen LogP contribution in [0.2, 0.25) is 0 Å². The predicted octanol–water partition coefficient (Wildman–Crippen LogP) is 3.51. The Morgan fingerprint density at radius 2 is 1.68 bits per heavy atom. The summed E-state index contributed by atoms with van der Waals surface area (Å²) in [6.45, 7) is 5.43. The van der Waals surface area contributed by atoms with Crippen molar-refractivity contribution < 1.29 is 26.0 Å². The summed E-state index contributed by atoms with van der Waals surface area (Å²) < 4.78 is 62.9. The number of nitrogens with one attached hydrogen (secondary N) is 1. The van der Waals surface area contributed by atoms with Crippen LogP contribution < -0.4 is 5.32 Å². The van der Waals surface area contributed by atoms with Gasteiger partial charge in [0.15, 0.2) is 0 Å². The zero-order chi connectivity index (χ0) is 29.4. The number of hydrogen-bond acceptors (Lipinski definition) is 7. The van der Waals surface area contributed by atoms with Crippen LogP contribution >= 0.6 is 0 Å². The fraction of sp³-hybridized carbons (Fsp3) is 0.310. The lowest BCUT2D eigenvalue weighted by Gasteiger charge is -2.39. The second-order valence-electron chi connectivity index (χ2n) is 10.9. The number of amides is 1. The smallest absolute Gasteiger partial charge is 0.246 e. The summed E-state index contributed by atoms with van der Waals surface area (Å²) >= 11 is 0. The van der Waals surface area contributed by atoms with Crippen molar-refractivity contribution >= 4 is 36.9 Å². The van der Waals surface area contributed by atoms with Crippen LogP contribution in [0.5, 0.6) is 0 Å². The second-order valence-corrected chi connectivity index (χ2v) is 14.7. The van der Waals surface area contributed by atoms with Gasteiger partial charge in [-0.2, -0.15) is 8.61 Å². The number of sulfonamides is 2. The number of aromatic nitrogens is 1. The molecule has 3 heterocycles. The van der Waals surface area contributed by atoms with E-state index in [0.717, 1.165) is 9.87 Å². The molecule has 5 rings (SSSR count). The van der Waals surface area contributed by atoms with Crippen LogP contribution in [-0.2, 0) is 36.8 Å². The molecule has 2 aromatic heterocycles. The molecular weight excluding hydrogens is 564 g/mol. The van der Waals surface area contributed by atoms with E-state index in [0.29, 0.717) is 11.1 Å². The Hall–Kier alpha value is -3.58. The molecule has 0 bridgehead atoms. The number of fused-ring (bicyclic) bond motifs is 1. The van der Waals surface area contributed by atoms with E-state index >= 15 is 0 Å². The zero-order valence-electron chi connectivity index (χ0n) is 23.0. The van der Waals surface area contributed by atoms with E-state index in [1.54, 1.807) is 60.7 Å². The first-order valence-corrected chi connectivity index (χ1v) is 16.0. The Morgan fingerprint density at radius 3 is 2.37 bits per heavy atom. The van der Waals surface area contributed by atoms with Crippen molar-refractivity contribution in [2.24, 2.45) is 0 Å². The number of furan rings is 1. The van der Waals surface area contributed by atoms with Crippen molar-refractivity contribution in [3.05, 3.63) is 90.5 Å². The minimum atomic E-state index is -4.25. The normalized spacial score (nSPS) is 17.5. The molecule has 0 aliphatic carbocycles. The largest absolute Gasteiger partial charge is 0.467 e. The summed E-state index contributed by atoms with van der Waals surface area (Å²) in [6.07, 6.45) is 2.97. The van der Waals surface area contributed by atoms with Gasteiger partial charge < -0.3 is 9.73 Å². The molecule has 2 aromatic carbocycles. The van der Waals surface area contributed by atoms with Gasteiger partial charge in [-0.25, -0.2) is 16.8 Å². The van der Waals surface area contributed by atoms with Crippen LogP contribution in [0.3, 0.4) is 0 Å². The Morgan fingerprint density at radius 1 is 0.951 bits per heavy atom. The second kappa shape index (κ2) is 11.0. The third kappa shape index (κ3) is 5.78. The summed E-state index contributed by atoms with van der Waals surface area (Å²) in [5.74, 6) is -0.161. The van der Waals surface area contributed by atoms with Crippen molar-refractivity contribution in [3.8, 4) is 0 Å². The lowest BCUT2D eigenvalue weighted by atomic mass is 9.87. The van der Waals surface area contributed by atoms with Gasteiger partial charge in [0.25, 0.3) is 0 Å². The van der Waals surface area contributed by atoms with Crippen LogP contribution in [0.25, 0.3) is 10.9 Å². The fourth-order valence-corrected chi connectivity index (χ4v) is 8.03. The van der Waals surface area contributed by atoms with E-state index in [2.05, 4.69) is 10.3 Å². The summed E-state index contributed by atoms with van der Waals surface area (Å²) in [6, 6.07) is 16.9. The SMILES string of the molecule is CC(C)(C)c1ccc(S(=O)(=O)N2CCN(S(=O)(=O)c3cccc4cccnc34)C(C(=O)NCc3ccco3)C2)cc1. The van der Waals surface area contributed by atoms with Crippen molar-refractivity contribution in [2.45, 2.75) is 48.6 Å². The number of nitrogens with zero attached hydrogens (tertiary/aromatic N) is 3. The first kappa shape index (κ1) is 28.9. The maximum atomic E-state index is 14.0. The average Bonchev–Trinajstić information content (AvgIpc) is 3.48. The molecule has 1 aliphatic rings. The molecule has 12 heteroatoms. The highest BCUT2D eigenvalue weighted by Gasteiger charge is 2.44. The summed E-state index contributed by atoms with van der Waals surface area (Å²) in [5.41, 5.74) is 1.10. The Kier molecular flexibility index (Phi) is 7.77. The molecule has 1 unspecified atom stereocenters. The van der Waals surface area contributed by atoms with Crippen LogP contribution in [0.4, 0.5) is 0 Å². The van der Waals surface area contributed by atoms with Crippen LogP contribution in [0.15, 0.2) is 93.4 Å². The van der Waals surface area contributed by atoms with E-state index in [4.69, 9.17) is 4.42 Å². The van der Waals surface area contributed by atoms with Gasteiger partial charge in [-0.05, 0) is 47.4 Å². The number of benzene rings is 2. The highest BCUT2D eigenvalue weighted by molar-refractivity contribution is 7.89. The molecule has 0 radical (unpaired) electrons. The topological polar surface area (TPSA) is 130 Å². The molecule has 0 spiro atoms. The Balaban J connectivity index is 1.48. The Labute approximate surface area is 240 Å². The number of pyridine rings is 1. The van der Waals surface area contributed by atoms with Gasteiger partial charge >= 0.3 is 0 Å². The first-order chi connectivity index (χ1) is 19.4. The third-order valence-corrected chi connectivity index (χ3v) is 11.0. The maximum absolute atomic E-state index is 14.0. The van der Waals surface area contributed by atoms with Gasteiger partial charge in [-0.1, -0.05) is 51.1 Å². The minimum Gasteiger partial charge on any atom is -0.467 e. The van der Waals surface area contributed by atoms with Crippen molar-refractivity contribution in [2.75, 3.05) is 19.6 Å². The van der Waals surface area contributed by atoms with Crippen LogP contribution in [0, 0.1) is 0 Å². The molecule has 41 heavy (non-hydrogen) atoms. The lowest BCUT2D eigenvalue weighted by Crippen LogP contribution is -2.61. The highest BCUT2D eigenvalue weighted by atomic mass is 32.2. The molecule has 1 aliphatic heterocycles. The van der Waals surface area contributed by atoms with Crippen molar-refractivity contribution in [3.63, 3.8) is 0 Å². The number of para-hydroxylation sites is 1. The van der Waals surface area contributed by atoms with Crippen molar-refractivity contribution in [1.29, 1.82) is 0 Å². The molecule has 216 valence electrons. The highest BCUT2D eigenvalue weighted by Crippen LogP contribution is 2.30. The summed E-state index contributed by atoms with van der Waals surface area (Å²) in [5, 5.41) is 3.34. The molecule has 10 nitrogen and oxygen atoms in total. The molecular formula is C29H32N4O6S2. The molecule has 1 amide bonds. The number of carbonyl (C=O) groups excluding carboxylic acids is 1. The third-order valence-electron chi connectivity index (χ3n) is 7.15. The minimum absolute atomic E-state index is 0.0209. The fourth-order valence-electron chi connectivity index (χ4n) is 4.85. The zero-order valence-corrected chi connectivity index (χ0v) is 24.7. The van der Waals surface area contributed by atoms with E-state index in [9.17, 15) is 21.6 Å². The molecule has 4 aromatic rings. The van der Waals surface area contributed by atoms with E-state index in [1.165, 1.54) is 22.8 Å².